The lowest BCUT2D eigenvalue weighted by Gasteiger charge is -2.37. The zero-order valence-electron chi connectivity index (χ0n) is 28.9. The molecule has 0 amide bonds. The van der Waals surface area contributed by atoms with Gasteiger partial charge in [0, 0.05) is 38.8 Å². The van der Waals surface area contributed by atoms with Crippen molar-refractivity contribution in [3.63, 3.8) is 0 Å². The van der Waals surface area contributed by atoms with Crippen LogP contribution in [0.1, 0.15) is 11.1 Å². The van der Waals surface area contributed by atoms with Gasteiger partial charge >= 0.3 is 0 Å². The Balaban J connectivity index is 1.07. The average molecular weight is 696 g/mol. The van der Waals surface area contributed by atoms with Crippen LogP contribution in [0.5, 0.6) is 0 Å². The predicted octanol–water partition coefficient (Wildman–Crippen LogP) is 12.3. The Morgan fingerprint density at radius 3 is 1.77 bits per heavy atom. The molecule has 0 spiro atoms. The zero-order valence-corrected chi connectivity index (χ0v) is 29.8. The number of hydrogen-bond acceptors (Lipinski definition) is 2. The lowest BCUT2D eigenvalue weighted by molar-refractivity contribution is 0.593. The lowest BCUT2D eigenvalue weighted by atomic mass is 9.83. The van der Waals surface area contributed by atoms with Crippen molar-refractivity contribution in [3.05, 3.63) is 205 Å². The first kappa shape index (κ1) is 30.4. The zero-order chi connectivity index (χ0) is 35.1. The topological polar surface area (TPSA) is 20.3 Å². The molecule has 0 N–H and O–H groups in total. The molecule has 1 aliphatic carbocycles. The third-order valence-electron chi connectivity index (χ3n) is 11.6. The van der Waals surface area contributed by atoms with Gasteiger partial charge in [0.05, 0.1) is 6.04 Å². The highest BCUT2D eigenvalue weighted by atomic mass is 31.2. The molecule has 3 unspecified atom stereocenters. The minimum Gasteiger partial charge on any atom is -0.333 e. The summed E-state index contributed by atoms with van der Waals surface area (Å²) in [6, 6.07) is 60.6. The maximum absolute atomic E-state index is 16.0. The smallest absolute Gasteiger partial charge is 0.172 e. The fourth-order valence-electron chi connectivity index (χ4n) is 9.32. The molecule has 0 aromatic heterocycles. The molecule has 2 heterocycles. The van der Waals surface area contributed by atoms with Crippen LogP contribution in [0.3, 0.4) is 0 Å². The molecule has 3 atom stereocenters. The number of para-hydroxylation sites is 1. The first-order valence-corrected chi connectivity index (χ1v) is 20.1. The Kier molecular flexibility index (Phi) is 6.69. The largest absolute Gasteiger partial charge is 0.333 e. The van der Waals surface area contributed by atoms with E-state index in [2.05, 4.69) is 163 Å². The van der Waals surface area contributed by atoms with E-state index in [-0.39, 0.29) is 12.0 Å². The fourth-order valence-corrected chi connectivity index (χ4v) is 12.7. The molecule has 0 radical (unpaired) electrons. The van der Waals surface area contributed by atoms with E-state index in [0.717, 1.165) is 38.4 Å². The summed E-state index contributed by atoms with van der Waals surface area (Å²) in [4.78, 5) is 2.47. The van der Waals surface area contributed by atoms with Gasteiger partial charge in [-0.3, -0.25) is 0 Å². The molecule has 8 aromatic carbocycles. The Morgan fingerprint density at radius 1 is 0.472 bits per heavy atom. The van der Waals surface area contributed by atoms with Crippen molar-refractivity contribution in [1.29, 1.82) is 0 Å². The molecule has 2 nitrogen and oxygen atoms in total. The second kappa shape index (κ2) is 11.7. The van der Waals surface area contributed by atoms with Crippen molar-refractivity contribution >= 4 is 72.3 Å². The van der Waals surface area contributed by atoms with Gasteiger partial charge in [-0.1, -0.05) is 170 Å². The third kappa shape index (κ3) is 4.37. The van der Waals surface area contributed by atoms with Gasteiger partial charge < -0.3 is 9.46 Å². The van der Waals surface area contributed by atoms with Crippen LogP contribution in [-0.4, -0.2) is 6.04 Å². The summed E-state index contributed by atoms with van der Waals surface area (Å²) in [6.07, 6.45) is 8.95. The Hall–Kier alpha value is -6.21. The number of nitrogens with zero attached hydrogens (tertiary/aromatic N) is 1. The maximum atomic E-state index is 16.0. The minimum absolute atomic E-state index is 0.00445. The number of fused-ring (bicyclic) bond motifs is 12. The average Bonchev–Trinajstić information content (AvgIpc) is 3.42. The van der Waals surface area contributed by atoms with Crippen LogP contribution in [0.4, 0.5) is 11.4 Å². The predicted molar refractivity (Wildman–Crippen MR) is 225 cm³/mol. The molecule has 3 aliphatic rings. The minimum atomic E-state index is -3.19. The van der Waals surface area contributed by atoms with E-state index in [1.807, 2.05) is 36.4 Å². The first-order valence-electron chi connectivity index (χ1n) is 18.4. The number of allylic oxidation sites excluding steroid dienone is 2. The molecule has 0 fully saturated rings. The standard InChI is InChI=1S/C50H34NOP/c52-53(36-14-2-1-3-15-36)48-25-13-10-22-44(48)49-42-20-8-11-23-46(42)51(47-24-12-9-21-43(47)50(49)53)35-29-26-33(27-30-35)34-28-31-41-39-18-5-4-16-37(39)38-17-6-7-19-40(38)45(41)32-34/h1-32,42,46H. The summed E-state index contributed by atoms with van der Waals surface area (Å²) in [5.74, 6) is 0.00588. The van der Waals surface area contributed by atoms with Crippen LogP contribution >= 0.6 is 7.14 Å². The van der Waals surface area contributed by atoms with E-state index in [4.69, 9.17) is 0 Å². The van der Waals surface area contributed by atoms with Crippen molar-refractivity contribution < 1.29 is 4.57 Å². The van der Waals surface area contributed by atoms with E-state index in [0.29, 0.717) is 0 Å². The second-order valence-corrected chi connectivity index (χ2v) is 17.0. The van der Waals surface area contributed by atoms with Crippen LogP contribution in [0, 0.1) is 5.92 Å². The van der Waals surface area contributed by atoms with Crippen molar-refractivity contribution in [2.75, 3.05) is 4.90 Å². The van der Waals surface area contributed by atoms with Crippen molar-refractivity contribution in [1.82, 2.24) is 0 Å². The van der Waals surface area contributed by atoms with Crippen LogP contribution in [0.2, 0.25) is 0 Å². The maximum Gasteiger partial charge on any atom is 0.172 e. The molecule has 2 aliphatic heterocycles. The van der Waals surface area contributed by atoms with Gasteiger partial charge in [0.25, 0.3) is 0 Å². The van der Waals surface area contributed by atoms with Crippen LogP contribution < -0.4 is 15.5 Å². The molecular weight excluding hydrogens is 662 g/mol. The molecule has 53 heavy (non-hydrogen) atoms. The lowest BCUT2D eigenvalue weighted by Crippen LogP contribution is -2.36. The van der Waals surface area contributed by atoms with Gasteiger partial charge in [-0.25, -0.2) is 0 Å². The van der Waals surface area contributed by atoms with Gasteiger partial charge in [-0.2, -0.15) is 0 Å². The quantitative estimate of drug-likeness (QED) is 0.135. The monoisotopic (exact) mass is 695 g/mol. The molecule has 250 valence electrons. The molecule has 8 aromatic rings. The van der Waals surface area contributed by atoms with E-state index < -0.39 is 7.14 Å². The summed E-state index contributed by atoms with van der Waals surface area (Å²) in [5.41, 5.74) is 7.88. The molecular formula is C50H34NOP. The van der Waals surface area contributed by atoms with Crippen molar-refractivity contribution in [2.24, 2.45) is 5.92 Å². The Labute approximate surface area is 309 Å². The molecule has 0 saturated heterocycles. The number of hydrogen-bond donors (Lipinski definition) is 0. The summed E-state index contributed by atoms with van der Waals surface area (Å²) < 4.78 is 16.0. The van der Waals surface area contributed by atoms with Crippen molar-refractivity contribution in [2.45, 2.75) is 6.04 Å². The highest BCUT2D eigenvalue weighted by Gasteiger charge is 2.49. The summed E-state index contributed by atoms with van der Waals surface area (Å²) in [7, 11) is -3.19. The fraction of sp³-hybridized carbons (Fsp3) is 0.0400. The summed E-state index contributed by atoms with van der Waals surface area (Å²) in [6.45, 7) is 0. The van der Waals surface area contributed by atoms with E-state index in [9.17, 15) is 0 Å². The van der Waals surface area contributed by atoms with Gasteiger partial charge in [0.1, 0.15) is 0 Å². The van der Waals surface area contributed by atoms with Gasteiger partial charge in [-0.05, 0) is 78.8 Å². The van der Waals surface area contributed by atoms with Crippen LogP contribution in [-0.2, 0) is 4.57 Å². The van der Waals surface area contributed by atoms with E-state index in [1.54, 1.807) is 0 Å². The molecule has 11 rings (SSSR count). The van der Waals surface area contributed by atoms with Crippen LogP contribution in [0.15, 0.2) is 194 Å². The normalized spacial score (nSPS) is 20.0. The Bertz CT molecular complexity index is 2900. The number of benzene rings is 8. The van der Waals surface area contributed by atoms with Gasteiger partial charge in [0.15, 0.2) is 7.14 Å². The number of anilines is 2. The van der Waals surface area contributed by atoms with Crippen molar-refractivity contribution in [3.8, 4) is 11.1 Å². The molecule has 3 heteroatoms. The highest BCUT2D eigenvalue weighted by molar-refractivity contribution is 7.88. The molecule has 0 bridgehead atoms. The molecule has 0 saturated carbocycles. The van der Waals surface area contributed by atoms with Gasteiger partial charge in [-0.15, -0.1) is 0 Å². The number of rotatable bonds is 3. The summed E-state index contributed by atoms with van der Waals surface area (Å²) >= 11 is 0. The Morgan fingerprint density at radius 2 is 1.04 bits per heavy atom. The van der Waals surface area contributed by atoms with E-state index in [1.165, 1.54) is 49.0 Å². The summed E-state index contributed by atoms with van der Waals surface area (Å²) in [5, 5.41) is 10.5. The van der Waals surface area contributed by atoms with E-state index >= 15 is 4.57 Å². The highest BCUT2D eigenvalue weighted by Crippen LogP contribution is 2.68. The second-order valence-electron chi connectivity index (χ2n) is 14.3. The SMILES string of the molecule is O=P1(c2ccccc2)C2=C(c3ccccc31)C1C=CC=CC1N(c1ccc(-c3ccc4c5ccccc5c5ccccc5c4c3)cc1)c1ccccc12. The third-order valence-corrected chi connectivity index (χ3v) is 14.8. The first-order chi connectivity index (χ1) is 26.2. The van der Waals surface area contributed by atoms with Crippen LogP contribution in [0.25, 0.3) is 54.3 Å². The van der Waals surface area contributed by atoms with Gasteiger partial charge in [0.2, 0.25) is 0 Å².